The lowest BCUT2D eigenvalue weighted by molar-refractivity contribution is -0.0878. The zero-order valence-corrected chi connectivity index (χ0v) is 17.6. The van der Waals surface area contributed by atoms with Gasteiger partial charge in [0.25, 0.3) is 5.56 Å². The zero-order valence-electron chi connectivity index (χ0n) is 16.7. The van der Waals surface area contributed by atoms with Crippen LogP contribution < -0.4 is 11.2 Å². The van der Waals surface area contributed by atoms with Crippen LogP contribution in [0.2, 0.25) is 0 Å². The molecule has 164 valence electrons. The molecule has 2 saturated heterocycles. The normalized spacial score (nSPS) is 29.3. The second kappa shape index (κ2) is 9.76. The molecule has 1 unspecified atom stereocenters. The third kappa shape index (κ3) is 5.51. The molecule has 2 fully saturated rings. The number of unbranched alkanes of at least 4 members (excludes halogenated alkanes) is 2. The van der Waals surface area contributed by atoms with Crippen LogP contribution in [-0.4, -0.2) is 39.4 Å². The van der Waals surface area contributed by atoms with E-state index >= 15 is 0 Å². The first-order valence-electron chi connectivity index (χ1n) is 10.1. The number of nitrogens with one attached hydrogen (secondary N) is 1. The Morgan fingerprint density at radius 1 is 1.31 bits per heavy atom. The predicted octanol–water partition coefficient (Wildman–Crippen LogP) is 2.81. The average molecular weight is 435 g/mol. The molecule has 1 aromatic heterocycles. The van der Waals surface area contributed by atoms with E-state index in [-0.39, 0.29) is 19.1 Å². The van der Waals surface area contributed by atoms with Crippen molar-refractivity contribution in [2.24, 2.45) is 0 Å². The summed E-state index contributed by atoms with van der Waals surface area (Å²) in [6.45, 7) is 4.23. The van der Waals surface area contributed by atoms with E-state index < -0.39 is 43.7 Å². The van der Waals surface area contributed by atoms with Gasteiger partial charge in [-0.15, -0.1) is 9.05 Å². The van der Waals surface area contributed by atoms with Crippen molar-refractivity contribution in [2.75, 3.05) is 6.61 Å². The molecule has 9 nitrogen and oxygen atoms in total. The molecule has 4 atom stereocenters. The standard InChI is InChI=1S/C18H28FN2O7P/c1-3-5-7-12(8-6-4-2)27-29(24)25-11-15-14(28-29)9-16(26-15)21-10-13(19)17(22)20-18(21)23/h10,12,14-16,24H,3-9,11H2,1-2H3/p+1/t14-,15+,16+,29?/m0/s1. The van der Waals surface area contributed by atoms with Crippen LogP contribution in [0.4, 0.5) is 4.39 Å². The van der Waals surface area contributed by atoms with Crippen molar-refractivity contribution in [1.82, 2.24) is 9.55 Å². The van der Waals surface area contributed by atoms with Gasteiger partial charge in [0, 0.05) is 6.42 Å². The van der Waals surface area contributed by atoms with Crippen molar-refractivity contribution in [3.8, 4) is 0 Å². The van der Waals surface area contributed by atoms with Crippen LogP contribution in [0.25, 0.3) is 0 Å². The maximum atomic E-state index is 13.6. The van der Waals surface area contributed by atoms with Crippen molar-refractivity contribution in [2.45, 2.75) is 83.3 Å². The van der Waals surface area contributed by atoms with E-state index in [1.54, 1.807) is 0 Å². The molecule has 1 aromatic rings. The highest BCUT2D eigenvalue weighted by Crippen LogP contribution is 2.64. The first kappa shape index (κ1) is 22.5. The summed E-state index contributed by atoms with van der Waals surface area (Å²) < 4.78 is 37.4. The van der Waals surface area contributed by atoms with Gasteiger partial charge in [-0.1, -0.05) is 39.5 Å². The largest absolute Gasteiger partial charge is 0.573 e. The third-order valence-corrected chi connectivity index (χ3v) is 6.70. The van der Waals surface area contributed by atoms with Gasteiger partial charge in [-0.3, -0.25) is 14.3 Å². The molecule has 0 spiro atoms. The summed E-state index contributed by atoms with van der Waals surface area (Å²) in [4.78, 5) is 35.9. The quantitative estimate of drug-likeness (QED) is 0.574. The van der Waals surface area contributed by atoms with Crippen molar-refractivity contribution in [3.63, 3.8) is 0 Å². The Balaban J connectivity index is 1.66. The van der Waals surface area contributed by atoms with Crippen LogP contribution >= 0.6 is 8.17 Å². The number of H-pyrrole nitrogens is 1. The second-order valence-electron chi connectivity index (χ2n) is 7.43. The van der Waals surface area contributed by atoms with Gasteiger partial charge < -0.3 is 4.74 Å². The topological polar surface area (TPSA) is 112 Å². The van der Waals surface area contributed by atoms with Gasteiger partial charge in [0.15, 0.2) is 0 Å². The molecule has 3 heterocycles. The van der Waals surface area contributed by atoms with E-state index in [1.807, 2.05) is 4.98 Å². The molecule has 2 aliphatic rings. The number of hydrogen-bond donors (Lipinski definition) is 2. The van der Waals surface area contributed by atoms with E-state index in [9.17, 15) is 18.9 Å². The van der Waals surface area contributed by atoms with Gasteiger partial charge in [0.2, 0.25) is 5.82 Å². The lowest BCUT2D eigenvalue weighted by Gasteiger charge is -2.28. The Morgan fingerprint density at radius 2 is 2.00 bits per heavy atom. The van der Waals surface area contributed by atoms with Crippen LogP contribution in [0.15, 0.2) is 15.8 Å². The average Bonchev–Trinajstić information content (AvgIpc) is 3.09. The maximum Gasteiger partial charge on any atom is 0.573 e. The number of ether oxygens (including phenoxy) is 1. The second-order valence-corrected chi connectivity index (χ2v) is 9.05. The van der Waals surface area contributed by atoms with Crippen molar-refractivity contribution >= 4 is 8.17 Å². The smallest absolute Gasteiger partial charge is 0.349 e. The Bertz CT molecular complexity index is 795. The number of nitrogens with zero attached hydrogens (tertiary/aromatic N) is 1. The summed E-state index contributed by atoms with van der Waals surface area (Å²) in [6.07, 6.45) is 4.54. The Labute approximate surface area is 168 Å². The first-order chi connectivity index (χ1) is 13.8. The predicted molar refractivity (Wildman–Crippen MR) is 104 cm³/mol. The lowest BCUT2D eigenvalue weighted by Crippen LogP contribution is -2.36. The van der Waals surface area contributed by atoms with E-state index in [1.165, 1.54) is 0 Å². The molecule has 3 rings (SSSR count). The van der Waals surface area contributed by atoms with Gasteiger partial charge in [0.1, 0.15) is 31.1 Å². The fourth-order valence-electron chi connectivity index (χ4n) is 3.53. The molecular weight excluding hydrogens is 406 g/mol. The molecular formula is C18H29FN2O7P+. The number of aromatic nitrogens is 2. The molecule has 2 aliphatic heterocycles. The fraction of sp³-hybridized carbons (Fsp3) is 0.778. The van der Waals surface area contributed by atoms with E-state index in [0.29, 0.717) is 0 Å². The number of fused-ring (bicyclic) bond motifs is 1. The monoisotopic (exact) mass is 435 g/mol. The highest BCUT2D eigenvalue weighted by Gasteiger charge is 2.58. The highest BCUT2D eigenvalue weighted by molar-refractivity contribution is 7.55. The highest BCUT2D eigenvalue weighted by atomic mass is 31.2. The molecule has 11 heteroatoms. The van der Waals surface area contributed by atoms with Crippen molar-refractivity contribution in [1.29, 1.82) is 0 Å². The van der Waals surface area contributed by atoms with Gasteiger partial charge >= 0.3 is 13.9 Å². The van der Waals surface area contributed by atoms with E-state index in [2.05, 4.69) is 13.8 Å². The molecule has 29 heavy (non-hydrogen) atoms. The molecule has 0 amide bonds. The van der Waals surface area contributed by atoms with Crippen LogP contribution in [0.5, 0.6) is 0 Å². The van der Waals surface area contributed by atoms with Crippen molar-refractivity contribution < 1.29 is 27.6 Å². The van der Waals surface area contributed by atoms with Crippen LogP contribution in [-0.2, 0) is 18.3 Å². The number of halogens is 1. The molecule has 0 bridgehead atoms. The Morgan fingerprint density at radius 3 is 2.66 bits per heavy atom. The minimum atomic E-state index is -3.52. The minimum Gasteiger partial charge on any atom is -0.349 e. The third-order valence-electron chi connectivity index (χ3n) is 5.13. The lowest BCUT2D eigenvalue weighted by atomic mass is 10.1. The maximum absolute atomic E-state index is 13.6. The minimum absolute atomic E-state index is 0.0420. The summed E-state index contributed by atoms with van der Waals surface area (Å²) >= 11 is 0. The summed E-state index contributed by atoms with van der Waals surface area (Å²) in [6, 6.07) is 0. The molecule has 0 aromatic carbocycles. The van der Waals surface area contributed by atoms with E-state index in [4.69, 9.17) is 18.3 Å². The van der Waals surface area contributed by atoms with Gasteiger partial charge in [-0.05, 0) is 12.8 Å². The van der Waals surface area contributed by atoms with Crippen LogP contribution in [0.3, 0.4) is 0 Å². The Hall–Kier alpha value is -1.16. The van der Waals surface area contributed by atoms with Crippen LogP contribution in [0, 0.1) is 5.82 Å². The molecule has 0 saturated carbocycles. The molecule has 2 N–H and O–H groups in total. The Kier molecular flexibility index (Phi) is 7.58. The molecule has 0 radical (unpaired) electrons. The number of aromatic amines is 1. The summed E-state index contributed by atoms with van der Waals surface area (Å²) in [7, 11) is -3.52. The SMILES string of the molecule is CCCCC(CCCC)O[P+]1(O)OC[C@H]2O[C@@H](n3cc(F)c(=O)[nH]c3=O)C[C@@H]2O1. The molecule has 0 aliphatic carbocycles. The number of rotatable bonds is 9. The van der Waals surface area contributed by atoms with E-state index in [0.717, 1.165) is 49.3 Å². The summed E-state index contributed by atoms with van der Waals surface area (Å²) in [5.41, 5.74) is -1.86. The zero-order chi connectivity index (χ0) is 21.0. The van der Waals surface area contributed by atoms with Crippen LogP contribution in [0.1, 0.15) is 65.0 Å². The summed E-state index contributed by atoms with van der Waals surface area (Å²) in [5, 5.41) is 0. The van der Waals surface area contributed by atoms with Gasteiger partial charge in [-0.25, -0.2) is 4.79 Å². The van der Waals surface area contributed by atoms with Crippen molar-refractivity contribution in [3.05, 3.63) is 32.9 Å². The van der Waals surface area contributed by atoms with Gasteiger partial charge in [-0.2, -0.15) is 13.8 Å². The number of hydrogen-bond acceptors (Lipinski definition) is 7. The first-order valence-corrected chi connectivity index (χ1v) is 11.6. The van der Waals surface area contributed by atoms with Gasteiger partial charge in [0.05, 0.1) is 6.20 Å². The summed E-state index contributed by atoms with van der Waals surface area (Å²) in [5.74, 6) is -1.08. The fourth-order valence-corrected chi connectivity index (χ4v) is 5.19.